The maximum absolute atomic E-state index is 13.9. The largest absolute Gasteiger partial charge is 0.357 e. The van der Waals surface area contributed by atoms with Gasteiger partial charge in [-0.05, 0) is 32.0 Å². The molecule has 0 aliphatic carbocycles. The van der Waals surface area contributed by atoms with Crippen LogP contribution in [0, 0.1) is 17.5 Å². The zero-order valence-electron chi connectivity index (χ0n) is 16.0. The summed E-state index contributed by atoms with van der Waals surface area (Å²) < 4.78 is 65.2. The van der Waals surface area contributed by atoms with Crippen LogP contribution in [0.3, 0.4) is 0 Å². The lowest BCUT2D eigenvalue weighted by atomic mass is 10.1. The van der Waals surface area contributed by atoms with E-state index in [1.807, 2.05) is 6.92 Å². The highest BCUT2D eigenvalue weighted by Crippen LogP contribution is 2.18. The van der Waals surface area contributed by atoms with Crippen LogP contribution in [0.4, 0.5) is 13.2 Å². The third kappa shape index (κ3) is 7.18. The summed E-state index contributed by atoms with van der Waals surface area (Å²) >= 11 is 0. The minimum absolute atomic E-state index is 0. The molecule has 2 rings (SSSR count). The molecule has 0 aliphatic heterocycles. The lowest BCUT2D eigenvalue weighted by Gasteiger charge is -2.18. The highest BCUT2D eigenvalue weighted by molar-refractivity contribution is 14.0. The van der Waals surface area contributed by atoms with Crippen molar-refractivity contribution < 1.29 is 21.6 Å². The number of guanidine groups is 1. The molecule has 0 fully saturated rings. The first-order valence-electron chi connectivity index (χ1n) is 8.71. The molecule has 5 nitrogen and oxygen atoms in total. The van der Waals surface area contributed by atoms with Crippen molar-refractivity contribution in [2.75, 3.05) is 18.8 Å². The fourth-order valence-electron chi connectivity index (χ4n) is 2.54. The predicted octanol–water partition coefficient (Wildman–Crippen LogP) is 3.81. The molecule has 2 N–H and O–H groups in total. The van der Waals surface area contributed by atoms with Crippen molar-refractivity contribution in [1.82, 2.24) is 10.6 Å². The lowest BCUT2D eigenvalue weighted by Crippen LogP contribution is -2.39. The third-order valence-electron chi connectivity index (χ3n) is 3.93. The number of rotatable bonds is 7. The van der Waals surface area contributed by atoms with Gasteiger partial charge in [0.2, 0.25) is 0 Å². The van der Waals surface area contributed by atoms with Crippen LogP contribution in [0.5, 0.6) is 0 Å². The van der Waals surface area contributed by atoms with Crippen molar-refractivity contribution in [3.63, 3.8) is 0 Å². The van der Waals surface area contributed by atoms with Gasteiger partial charge in [0.05, 0.1) is 18.3 Å². The van der Waals surface area contributed by atoms with Gasteiger partial charge < -0.3 is 10.6 Å². The number of aliphatic imine (C=N–C) groups is 1. The molecule has 0 saturated heterocycles. The summed E-state index contributed by atoms with van der Waals surface area (Å²) in [6.45, 7) is 3.85. The molecule has 29 heavy (non-hydrogen) atoms. The zero-order valence-corrected chi connectivity index (χ0v) is 19.1. The summed E-state index contributed by atoms with van der Waals surface area (Å²) in [4.78, 5) is 3.79. The van der Waals surface area contributed by atoms with Gasteiger partial charge in [0.15, 0.2) is 15.8 Å². The Balaban J connectivity index is 0.00000420. The van der Waals surface area contributed by atoms with E-state index in [1.54, 1.807) is 6.92 Å². The number of nitrogens with one attached hydrogen (secondary N) is 2. The molecule has 0 bridgehead atoms. The molecule has 10 heteroatoms. The topological polar surface area (TPSA) is 70.6 Å². The molecule has 0 aliphatic rings. The van der Waals surface area contributed by atoms with E-state index in [-0.39, 0.29) is 52.7 Å². The van der Waals surface area contributed by atoms with E-state index in [9.17, 15) is 21.6 Å². The summed E-state index contributed by atoms with van der Waals surface area (Å²) in [5, 5.41) is 5.86. The van der Waals surface area contributed by atoms with Gasteiger partial charge in [-0.2, -0.15) is 0 Å². The predicted molar refractivity (Wildman–Crippen MR) is 118 cm³/mol. The zero-order chi connectivity index (χ0) is 20.7. The van der Waals surface area contributed by atoms with Crippen LogP contribution in [0.1, 0.15) is 25.5 Å². The fourth-order valence-corrected chi connectivity index (χ4v) is 3.74. The molecule has 1 unspecified atom stereocenters. The first kappa shape index (κ1) is 25.2. The quantitative estimate of drug-likeness (QED) is 0.318. The average molecular weight is 541 g/mol. The second kappa shape index (κ2) is 11.4. The van der Waals surface area contributed by atoms with Crippen molar-refractivity contribution in [3.8, 4) is 0 Å². The second-order valence-electron chi connectivity index (χ2n) is 6.04. The van der Waals surface area contributed by atoms with Crippen molar-refractivity contribution >= 4 is 39.8 Å². The Morgan fingerprint density at radius 1 is 1.10 bits per heavy atom. The number of halogens is 4. The molecule has 160 valence electrons. The van der Waals surface area contributed by atoms with Gasteiger partial charge >= 0.3 is 0 Å². The molecule has 0 aromatic heterocycles. The van der Waals surface area contributed by atoms with Gasteiger partial charge in [-0.1, -0.05) is 18.2 Å². The van der Waals surface area contributed by atoms with Crippen LogP contribution in [0.2, 0.25) is 0 Å². The maximum atomic E-state index is 13.9. The third-order valence-corrected chi connectivity index (χ3v) is 5.65. The Hall–Kier alpha value is -1.82. The van der Waals surface area contributed by atoms with Crippen LogP contribution < -0.4 is 10.6 Å². The Morgan fingerprint density at radius 3 is 2.41 bits per heavy atom. The van der Waals surface area contributed by atoms with E-state index in [4.69, 9.17) is 0 Å². The first-order valence-corrected chi connectivity index (χ1v) is 10.4. The first-order chi connectivity index (χ1) is 13.2. The van der Waals surface area contributed by atoms with Gasteiger partial charge in [-0.15, -0.1) is 24.0 Å². The van der Waals surface area contributed by atoms with Gasteiger partial charge in [0.25, 0.3) is 0 Å². The van der Waals surface area contributed by atoms with Crippen LogP contribution in [0.15, 0.2) is 52.4 Å². The number of sulfone groups is 1. The van der Waals surface area contributed by atoms with E-state index >= 15 is 0 Å². The van der Waals surface area contributed by atoms with Gasteiger partial charge in [0.1, 0.15) is 22.3 Å². The molecule has 0 heterocycles. The highest BCUT2D eigenvalue weighted by Gasteiger charge is 2.18. The van der Waals surface area contributed by atoms with Gasteiger partial charge in [-0.3, -0.25) is 4.99 Å². The Bertz CT molecular complexity index is 955. The monoisotopic (exact) mass is 541 g/mol. The van der Waals surface area contributed by atoms with Gasteiger partial charge in [-0.25, -0.2) is 21.6 Å². The lowest BCUT2D eigenvalue weighted by molar-refractivity contribution is 0.551. The van der Waals surface area contributed by atoms with Crippen molar-refractivity contribution in [2.24, 2.45) is 4.99 Å². The van der Waals surface area contributed by atoms with E-state index in [2.05, 4.69) is 15.6 Å². The average Bonchev–Trinajstić information content (AvgIpc) is 2.61. The van der Waals surface area contributed by atoms with Crippen LogP contribution in [-0.4, -0.2) is 33.2 Å². The van der Waals surface area contributed by atoms with E-state index < -0.39 is 33.3 Å². The second-order valence-corrected chi connectivity index (χ2v) is 8.12. The molecule has 0 spiro atoms. The SMILES string of the molecule is CCNC(=NCCS(=O)(=O)c1ccccc1F)NC(C)c1ccc(F)cc1F.I. The van der Waals surface area contributed by atoms with Crippen molar-refractivity contribution in [2.45, 2.75) is 24.8 Å². The highest BCUT2D eigenvalue weighted by atomic mass is 127. The molecular formula is C19H23F3IN3O2S. The minimum Gasteiger partial charge on any atom is -0.357 e. The van der Waals surface area contributed by atoms with Crippen molar-refractivity contribution in [3.05, 3.63) is 65.5 Å². The van der Waals surface area contributed by atoms with Crippen LogP contribution in [-0.2, 0) is 9.84 Å². The molecule has 1 atom stereocenters. The van der Waals surface area contributed by atoms with Crippen LogP contribution in [0.25, 0.3) is 0 Å². The standard InChI is InChI=1S/C19H22F3N3O2S.HI/c1-3-23-19(25-13(2)15-9-8-14(20)12-17(15)22)24-10-11-28(26,27)18-7-5-4-6-16(18)21;/h4-9,12-13H,3,10-11H2,1-2H3,(H2,23,24,25);1H. The number of nitrogens with zero attached hydrogens (tertiary/aromatic N) is 1. The molecule has 0 saturated carbocycles. The summed E-state index contributed by atoms with van der Waals surface area (Å²) in [6.07, 6.45) is 0. The van der Waals surface area contributed by atoms with Gasteiger partial charge in [0, 0.05) is 18.2 Å². The maximum Gasteiger partial charge on any atom is 0.191 e. The Morgan fingerprint density at radius 2 is 1.79 bits per heavy atom. The smallest absolute Gasteiger partial charge is 0.191 e. The molecule has 2 aromatic carbocycles. The summed E-state index contributed by atoms with van der Waals surface area (Å²) in [5.74, 6) is -2.30. The van der Waals surface area contributed by atoms with Crippen molar-refractivity contribution in [1.29, 1.82) is 0 Å². The number of hydrogen-bond acceptors (Lipinski definition) is 3. The van der Waals surface area contributed by atoms with E-state index in [0.717, 1.165) is 18.2 Å². The summed E-state index contributed by atoms with van der Waals surface area (Å²) in [6, 6.07) is 7.88. The molecule has 2 aromatic rings. The molecule has 0 radical (unpaired) electrons. The Kier molecular flexibility index (Phi) is 9.90. The molecular weight excluding hydrogens is 518 g/mol. The number of benzene rings is 2. The van der Waals surface area contributed by atoms with E-state index in [0.29, 0.717) is 6.54 Å². The van der Waals surface area contributed by atoms with Crippen LogP contribution >= 0.6 is 24.0 Å². The number of hydrogen-bond donors (Lipinski definition) is 2. The summed E-state index contributed by atoms with van der Waals surface area (Å²) in [5.41, 5.74) is 0.242. The summed E-state index contributed by atoms with van der Waals surface area (Å²) in [7, 11) is -3.83. The normalized spacial score (nSPS) is 12.8. The fraction of sp³-hybridized carbons (Fsp3) is 0.316. The Labute approximate surface area is 185 Å². The minimum atomic E-state index is -3.83. The molecule has 0 amide bonds. The van der Waals surface area contributed by atoms with E-state index in [1.165, 1.54) is 24.3 Å².